The molecule has 1 aromatic carbocycles. The number of thiazole rings is 1. The van der Waals surface area contributed by atoms with Crippen molar-refractivity contribution >= 4 is 11.3 Å². The smallest absolute Gasteiger partial charge is 0.153 e. The van der Waals surface area contributed by atoms with Crippen molar-refractivity contribution in [3.63, 3.8) is 0 Å². The van der Waals surface area contributed by atoms with Gasteiger partial charge in [-0.2, -0.15) is 0 Å². The lowest BCUT2D eigenvalue weighted by Gasteiger charge is -1.97. The fourth-order valence-electron chi connectivity index (χ4n) is 1.16. The van der Waals surface area contributed by atoms with Crippen LogP contribution in [0.25, 0.3) is 10.4 Å². The first-order valence-electron chi connectivity index (χ1n) is 3.87. The molecule has 13 heavy (non-hydrogen) atoms. The largest absolute Gasteiger partial charge is 0.238 e. The predicted octanol–water partition coefficient (Wildman–Crippen LogP) is 3.06. The molecule has 0 atom stereocenters. The number of benzene rings is 1. The van der Waals surface area contributed by atoms with E-state index in [0.29, 0.717) is 0 Å². The number of rotatable bonds is 1. The molecule has 1 radical (unpaired) electrons. The van der Waals surface area contributed by atoms with Crippen molar-refractivity contribution in [2.24, 2.45) is 0 Å². The van der Waals surface area contributed by atoms with Crippen LogP contribution in [0.15, 0.2) is 24.3 Å². The van der Waals surface area contributed by atoms with Crippen LogP contribution < -0.4 is 0 Å². The Kier molecular flexibility index (Phi) is 2.10. The van der Waals surface area contributed by atoms with Crippen LogP contribution in [0.3, 0.4) is 0 Å². The molecule has 0 aliphatic rings. The van der Waals surface area contributed by atoms with Gasteiger partial charge >= 0.3 is 0 Å². The molecule has 2 aromatic rings. The zero-order valence-electron chi connectivity index (χ0n) is 7.04. The normalized spacial score (nSPS) is 10.3. The van der Waals surface area contributed by atoms with Gasteiger partial charge < -0.3 is 0 Å². The van der Waals surface area contributed by atoms with Crippen LogP contribution in [-0.4, -0.2) is 4.98 Å². The quantitative estimate of drug-likeness (QED) is 0.676. The molecule has 3 heteroatoms. The summed E-state index contributed by atoms with van der Waals surface area (Å²) in [6, 6.07) is 6.51. The highest BCUT2D eigenvalue weighted by Gasteiger charge is 2.04. The summed E-state index contributed by atoms with van der Waals surface area (Å²) in [4.78, 5) is 4.98. The molecule has 0 saturated carbocycles. The maximum absolute atomic E-state index is 12.9. The maximum atomic E-state index is 12.9. The molecule has 2 rings (SSSR count). The van der Waals surface area contributed by atoms with E-state index < -0.39 is 0 Å². The summed E-state index contributed by atoms with van der Waals surface area (Å²) in [6.45, 7) is 1.90. The molecular formula is C10H7FNS. The van der Waals surface area contributed by atoms with Crippen LogP contribution in [-0.2, 0) is 0 Å². The van der Waals surface area contributed by atoms with Crippen molar-refractivity contribution in [3.8, 4) is 10.4 Å². The Hall–Kier alpha value is -1.22. The van der Waals surface area contributed by atoms with E-state index in [2.05, 4.69) is 10.5 Å². The zero-order valence-corrected chi connectivity index (χ0v) is 7.86. The minimum atomic E-state index is -0.217. The highest BCUT2D eigenvalue weighted by atomic mass is 32.1. The van der Waals surface area contributed by atoms with Crippen LogP contribution in [0, 0.1) is 18.3 Å². The molecule has 0 bridgehead atoms. The second kappa shape index (κ2) is 3.26. The maximum Gasteiger partial charge on any atom is 0.153 e. The number of hydrogen-bond donors (Lipinski definition) is 0. The summed E-state index contributed by atoms with van der Waals surface area (Å²) in [5.74, 6) is -0.217. The van der Waals surface area contributed by atoms with Gasteiger partial charge in [0, 0.05) is 0 Å². The van der Waals surface area contributed by atoms with Crippen LogP contribution in [0.1, 0.15) is 5.69 Å². The van der Waals surface area contributed by atoms with Crippen LogP contribution >= 0.6 is 11.3 Å². The highest BCUT2D eigenvalue weighted by Crippen LogP contribution is 2.26. The molecule has 0 amide bonds. The average Bonchev–Trinajstić information content (AvgIpc) is 2.51. The van der Waals surface area contributed by atoms with Crippen molar-refractivity contribution < 1.29 is 4.39 Å². The minimum absolute atomic E-state index is 0.217. The summed E-state index contributed by atoms with van der Waals surface area (Å²) in [7, 11) is 0. The number of hydrogen-bond acceptors (Lipinski definition) is 2. The predicted molar refractivity (Wildman–Crippen MR) is 51.1 cm³/mol. The lowest BCUT2D eigenvalue weighted by atomic mass is 10.1. The second-order valence-corrected chi connectivity index (χ2v) is 3.52. The van der Waals surface area contributed by atoms with Crippen molar-refractivity contribution in [1.82, 2.24) is 4.98 Å². The minimum Gasteiger partial charge on any atom is -0.238 e. The molecule has 0 fully saturated rings. The first kappa shape index (κ1) is 8.38. The third-order valence-electron chi connectivity index (χ3n) is 1.78. The third-order valence-corrected chi connectivity index (χ3v) is 2.69. The monoisotopic (exact) mass is 192 g/mol. The Morgan fingerprint density at radius 2 is 2.31 bits per heavy atom. The fraction of sp³-hybridized carbons (Fsp3) is 0.100. The van der Waals surface area contributed by atoms with E-state index in [0.717, 1.165) is 16.1 Å². The van der Waals surface area contributed by atoms with Gasteiger partial charge in [-0.15, -0.1) is 11.3 Å². The van der Waals surface area contributed by atoms with Crippen LogP contribution in [0.4, 0.5) is 4.39 Å². The second-order valence-electron chi connectivity index (χ2n) is 2.73. The zero-order chi connectivity index (χ0) is 9.26. The van der Waals surface area contributed by atoms with Crippen molar-refractivity contribution in [1.29, 1.82) is 0 Å². The van der Waals surface area contributed by atoms with Gasteiger partial charge in [0.2, 0.25) is 0 Å². The van der Waals surface area contributed by atoms with Gasteiger partial charge in [0.1, 0.15) is 5.82 Å². The Morgan fingerprint density at radius 1 is 1.46 bits per heavy atom. The number of aromatic nitrogens is 1. The van der Waals surface area contributed by atoms with Gasteiger partial charge in [0.25, 0.3) is 0 Å². The summed E-state index contributed by atoms with van der Waals surface area (Å²) >= 11 is 1.41. The van der Waals surface area contributed by atoms with Crippen LogP contribution in [0.5, 0.6) is 0 Å². The highest BCUT2D eigenvalue weighted by molar-refractivity contribution is 7.12. The topological polar surface area (TPSA) is 12.9 Å². The molecule has 1 heterocycles. The molecule has 0 aliphatic heterocycles. The molecule has 1 aromatic heterocycles. The summed E-state index contributed by atoms with van der Waals surface area (Å²) in [5.41, 5.74) is 4.56. The van der Waals surface area contributed by atoms with E-state index in [9.17, 15) is 4.39 Å². The number of halogens is 1. The van der Waals surface area contributed by atoms with Gasteiger partial charge in [-0.05, 0) is 24.6 Å². The molecule has 0 unspecified atom stereocenters. The lowest BCUT2D eigenvalue weighted by Crippen LogP contribution is -1.79. The van der Waals surface area contributed by atoms with E-state index in [4.69, 9.17) is 0 Å². The van der Waals surface area contributed by atoms with Gasteiger partial charge in [-0.1, -0.05) is 12.1 Å². The van der Waals surface area contributed by atoms with E-state index >= 15 is 0 Å². The summed E-state index contributed by atoms with van der Waals surface area (Å²) in [6.07, 6.45) is 0. The first-order chi connectivity index (χ1) is 6.27. The van der Waals surface area contributed by atoms with Gasteiger partial charge in [0.15, 0.2) is 5.51 Å². The molecule has 0 N–H and O–H groups in total. The van der Waals surface area contributed by atoms with Crippen molar-refractivity contribution in [2.45, 2.75) is 6.92 Å². The van der Waals surface area contributed by atoms with E-state index in [1.54, 1.807) is 6.07 Å². The SMILES string of the molecule is Cc1n[c]sc1-c1cccc(F)c1. The Bertz CT molecular complexity index is 422. The molecule has 1 nitrogen and oxygen atoms in total. The van der Waals surface area contributed by atoms with E-state index in [1.165, 1.54) is 23.5 Å². The summed E-state index contributed by atoms with van der Waals surface area (Å²) < 4.78 is 12.9. The van der Waals surface area contributed by atoms with Gasteiger partial charge in [-0.3, -0.25) is 0 Å². The van der Waals surface area contributed by atoms with Gasteiger partial charge in [0.05, 0.1) is 10.6 Å². The molecule has 0 spiro atoms. The third kappa shape index (κ3) is 1.60. The molecule has 0 saturated heterocycles. The van der Waals surface area contributed by atoms with Crippen molar-refractivity contribution in [2.75, 3.05) is 0 Å². The lowest BCUT2D eigenvalue weighted by molar-refractivity contribution is 0.628. The number of aryl methyl sites for hydroxylation is 1. The van der Waals surface area contributed by atoms with E-state index in [1.807, 2.05) is 13.0 Å². The standard InChI is InChI=1S/C10H7FNS/c1-7-10(13-6-12-7)8-3-2-4-9(11)5-8/h2-5H,1H3. The first-order valence-corrected chi connectivity index (χ1v) is 4.68. The molecule has 0 aliphatic carbocycles. The fourth-order valence-corrected chi connectivity index (χ4v) is 1.87. The Morgan fingerprint density at radius 3 is 2.92 bits per heavy atom. The van der Waals surface area contributed by atoms with Crippen LogP contribution in [0.2, 0.25) is 0 Å². The Labute approximate surface area is 79.9 Å². The molecular weight excluding hydrogens is 185 g/mol. The summed E-state index contributed by atoms with van der Waals surface area (Å²) in [5, 5.41) is 0. The average molecular weight is 192 g/mol. The van der Waals surface area contributed by atoms with E-state index in [-0.39, 0.29) is 5.82 Å². The molecule has 65 valence electrons. The van der Waals surface area contributed by atoms with Gasteiger partial charge in [-0.25, -0.2) is 9.37 Å². The Balaban J connectivity index is 2.53. The number of nitrogens with zero attached hydrogens (tertiary/aromatic N) is 1. The van der Waals surface area contributed by atoms with Crippen molar-refractivity contribution in [3.05, 3.63) is 41.3 Å².